The lowest BCUT2D eigenvalue weighted by atomic mass is 9.93. The molecule has 0 aliphatic carbocycles. The number of aromatic nitrogens is 4. The van der Waals surface area contributed by atoms with Gasteiger partial charge in [0, 0.05) is 42.8 Å². The van der Waals surface area contributed by atoms with Crippen LogP contribution in [0, 0.1) is 19.8 Å². The molecule has 0 atom stereocenters. The number of nitrogens with zero attached hydrogens (tertiary/aromatic N) is 4. The summed E-state index contributed by atoms with van der Waals surface area (Å²) in [6.45, 7) is 6.62. The van der Waals surface area contributed by atoms with E-state index >= 15 is 0 Å². The van der Waals surface area contributed by atoms with Gasteiger partial charge in [0.1, 0.15) is 11.5 Å². The van der Waals surface area contributed by atoms with Gasteiger partial charge in [-0.15, -0.1) is 0 Å². The lowest BCUT2D eigenvalue weighted by Gasteiger charge is -2.31. The average molecular weight is 377 g/mol. The van der Waals surface area contributed by atoms with Crippen molar-refractivity contribution in [2.45, 2.75) is 39.7 Å². The number of rotatable bonds is 5. The van der Waals surface area contributed by atoms with Crippen molar-refractivity contribution in [2.24, 2.45) is 5.92 Å². The Bertz CT molecular complexity index is 935. The van der Waals surface area contributed by atoms with E-state index < -0.39 is 0 Å². The number of likely N-dealkylation sites (tertiary alicyclic amines) is 1. The van der Waals surface area contributed by atoms with Crippen molar-refractivity contribution in [1.29, 1.82) is 0 Å². The maximum absolute atomic E-state index is 12.5. The zero-order valence-electron chi connectivity index (χ0n) is 16.6. The van der Waals surface area contributed by atoms with E-state index in [-0.39, 0.29) is 5.91 Å². The summed E-state index contributed by atoms with van der Waals surface area (Å²) in [5, 5.41) is 6.95. The van der Waals surface area contributed by atoms with E-state index in [1.54, 1.807) is 0 Å². The fourth-order valence-electron chi connectivity index (χ4n) is 3.99. The van der Waals surface area contributed by atoms with E-state index in [4.69, 9.17) is 0 Å². The lowest BCUT2D eigenvalue weighted by molar-refractivity contribution is 0.0679. The van der Waals surface area contributed by atoms with E-state index in [0.717, 1.165) is 56.0 Å². The van der Waals surface area contributed by atoms with Crippen molar-refractivity contribution in [2.75, 3.05) is 13.1 Å². The van der Waals surface area contributed by atoms with E-state index in [9.17, 15) is 4.79 Å². The second kappa shape index (κ2) is 8.00. The standard InChI is InChI=1S/C22H27N5O/c1-16-14-20(25-24-16)22(28)26-11-8-18(9-12-26)10-13-27-17(2)15-23-21(27)19-6-4-3-5-7-19/h3-7,14-15,18H,8-13H2,1-2H3,(H,24,25). The third-order valence-corrected chi connectivity index (χ3v) is 5.67. The number of piperidine rings is 1. The van der Waals surface area contributed by atoms with Gasteiger partial charge in [0.2, 0.25) is 0 Å². The van der Waals surface area contributed by atoms with Crippen molar-refractivity contribution >= 4 is 5.91 Å². The predicted octanol–water partition coefficient (Wildman–Crippen LogP) is 3.83. The summed E-state index contributed by atoms with van der Waals surface area (Å²) in [4.78, 5) is 19.1. The number of carbonyl (C=O) groups is 1. The smallest absolute Gasteiger partial charge is 0.274 e. The minimum atomic E-state index is 0.0413. The molecule has 6 nitrogen and oxygen atoms in total. The van der Waals surface area contributed by atoms with Gasteiger partial charge < -0.3 is 9.47 Å². The fraction of sp³-hybridized carbons (Fsp3) is 0.409. The molecule has 0 spiro atoms. The Morgan fingerprint density at radius 2 is 1.93 bits per heavy atom. The number of carbonyl (C=O) groups excluding carboxylic acids is 1. The van der Waals surface area contributed by atoms with Crippen LogP contribution in [0.3, 0.4) is 0 Å². The summed E-state index contributed by atoms with van der Waals surface area (Å²) in [5.74, 6) is 1.72. The molecule has 1 amide bonds. The monoisotopic (exact) mass is 377 g/mol. The van der Waals surface area contributed by atoms with Crippen LogP contribution in [0.25, 0.3) is 11.4 Å². The second-order valence-electron chi connectivity index (χ2n) is 7.70. The summed E-state index contributed by atoms with van der Waals surface area (Å²) < 4.78 is 2.32. The molecule has 2 aromatic heterocycles. The molecule has 1 N–H and O–H groups in total. The molecule has 1 fully saturated rings. The highest BCUT2D eigenvalue weighted by molar-refractivity contribution is 5.92. The van der Waals surface area contributed by atoms with Gasteiger partial charge in [-0.25, -0.2) is 4.98 Å². The molecular weight excluding hydrogens is 350 g/mol. The normalized spacial score (nSPS) is 15.1. The van der Waals surface area contributed by atoms with E-state index in [1.165, 1.54) is 5.69 Å². The van der Waals surface area contributed by atoms with Gasteiger partial charge in [0.05, 0.1) is 0 Å². The topological polar surface area (TPSA) is 66.8 Å². The van der Waals surface area contributed by atoms with Crippen LogP contribution >= 0.6 is 0 Å². The molecule has 1 aliphatic heterocycles. The Labute approximate surface area is 165 Å². The molecule has 0 unspecified atom stereocenters. The van der Waals surface area contributed by atoms with Gasteiger partial charge in [0.15, 0.2) is 0 Å². The summed E-state index contributed by atoms with van der Waals surface area (Å²) >= 11 is 0. The van der Waals surface area contributed by atoms with Gasteiger partial charge in [0.25, 0.3) is 5.91 Å². The second-order valence-corrected chi connectivity index (χ2v) is 7.70. The van der Waals surface area contributed by atoms with Gasteiger partial charge in [-0.3, -0.25) is 9.89 Å². The number of imidazole rings is 1. The first-order valence-corrected chi connectivity index (χ1v) is 10.0. The summed E-state index contributed by atoms with van der Waals surface area (Å²) in [5.41, 5.74) is 3.80. The van der Waals surface area contributed by atoms with Gasteiger partial charge >= 0.3 is 0 Å². The van der Waals surface area contributed by atoms with Crippen LogP contribution < -0.4 is 0 Å². The maximum atomic E-state index is 12.5. The van der Waals surface area contributed by atoms with Crippen LogP contribution in [-0.2, 0) is 6.54 Å². The third-order valence-electron chi connectivity index (χ3n) is 5.67. The number of aromatic amines is 1. The highest BCUT2D eigenvalue weighted by Crippen LogP contribution is 2.25. The van der Waals surface area contributed by atoms with Crippen LogP contribution in [0.5, 0.6) is 0 Å². The molecule has 0 saturated carbocycles. The van der Waals surface area contributed by atoms with E-state index in [0.29, 0.717) is 11.6 Å². The van der Waals surface area contributed by atoms with Gasteiger partial charge in [-0.2, -0.15) is 5.10 Å². The Hall–Kier alpha value is -2.89. The zero-order chi connectivity index (χ0) is 19.5. The highest BCUT2D eigenvalue weighted by atomic mass is 16.2. The van der Waals surface area contributed by atoms with Crippen molar-refractivity contribution in [3.05, 3.63) is 59.7 Å². The molecule has 6 heteroatoms. The summed E-state index contributed by atoms with van der Waals surface area (Å²) in [7, 11) is 0. The highest BCUT2D eigenvalue weighted by Gasteiger charge is 2.25. The van der Waals surface area contributed by atoms with Crippen LogP contribution in [0.2, 0.25) is 0 Å². The number of benzene rings is 1. The first-order valence-electron chi connectivity index (χ1n) is 10.0. The van der Waals surface area contributed by atoms with E-state index in [1.807, 2.05) is 30.2 Å². The largest absolute Gasteiger partial charge is 0.337 e. The van der Waals surface area contributed by atoms with Crippen LogP contribution in [0.1, 0.15) is 41.1 Å². The number of hydrogen-bond donors (Lipinski definition) is 1. The van der Waals surface area contributed by atoms with E-state index in [2.05, 4.69) is 50.9 Å². The number of hydrogen-bond acceptors (Lipinski definition) is 3. The van der Waals surface area contributed by atoms with Crippen molar-refractivity contribution < 1.29 is 4.79 Å². The summed E-state index contributed by atoms with van der Waals surface area (Å²) in [6, 6.07) is 12.2. The first kappa shape index (κ1) is 18.5. The minimum Gasteiger partial charge on any atom is -0.337 e. The predicted molar refractivity (Wildman–Crippen MR) is 109 cm³/mol. The quantitative estimate of drug-likeness (QED) is 0.735. The zero-order valence-corrected chi connectivity index (χ0v) is 16.6. The Morgan fingerprint density at radius 3 is 2.61 bits per heavy atom. The van der Waals surface area contributed by atoms with Gasteiger partial charge in [-0.1, -0.05) is 30.3 Å². The molecule has 28 heavy (non-hydrogen) atoms. The fourth-order valence-corrected chi connectivity index (χ4v) is 3.99. The average Bonchev–Trinajstić information content (AvgIpc) is 3.32. The first-order chi connectivity index (χ1) is 13.6. The van der Waals surface area contributed by atoms with Crippen LogP contribution in [0.4, 0.5) is 0 Å². The Balaban J connectivity index is 1.34. The van der Waals surface area contributed by atoms with Crippen molar-refractivity contribution in [1.82, 2.24) is 24.6 Å². The number of amides is 1. The van der Waals surface area contributed by atoms with Crippen LogP contribution in [-0.4, -0.2) is 43.6 Å². The van der Waals surface area contributed by atoms with Gasteiger partial charge in [-0.05, 0) is 45.1 Å². The Morgan fingerprint density at radius 1 is 1.18 bits per heavy atom. The molecular formula is C22H27N5O. The molecule has 4 rings (SSSR count). The lowest BCUT2D eigenvalue weighted by Crippen LogP contribution is -2.38. The molecule has 3 heterocycles. The molecule has 1 aromatic carbocycles. The van der Waals surface area contributed by atoms with Crippen LogP contribution in [0.15, 0.2) is 42.6 Å². The molecule has 1 aliphatic rings. The molecule has 3 aromatic rings. The van der Waals surface area contributed by atoms with Crippen molar-refractivity contribution in [3.8, 4) is 11.4 Å². The maximum Gasteiger partial charge on any atom is 0.274 e. The molecule has 0 bridgehead atoms. The molecule has 146 valence electrons. The Kier molecular flexibility index (Phi) is 5.28. The number of aryl methyl sites for hydroxylation is 2. The van der Waals surface area contributed by atoms with Crippen molar-refractivity contribution in [3.63, 3.8) is 0 Å². The minimum absolute atomic E-state index is 0.0413. The third kappa shape index (κ3) is 3.86. The number of nitrogens with one attached hydrogen (secondary N) is 1. The SMILES string of the molecule is Cc1cc(C(=O)N2CCC(CCn3c(C)cnc3-c3ccccc3)CC2)n[nH]1. The summed E-state index contributed by atoms with van der Waals surface area (Å²) in [6.07, 6.45) is 5.16. The molecule has 0 radical (unpaired) electrons. The molecule has 1 saturated heterocycles. The number of H-pyrrole nitrogens is 1.